The highest BCUT2D eigenvalue weighted by Crippen LogP contribution is 2.26. The summed E-state index contributed by atoms with van der Waals surface area (Å²) in [5, 5.41) is 0. The van der Waals surface area contributed by atoms with Crippen LogP contribution < -0.4 is 0 Å². The van der Waals surface area contributed by atoms with E-state index < -0.39 is 0 Å². The molecule has 4 heteroatoms. The van der Waals surface area contributed by atoms with Crippen molar-refractivity contribution in [2.24, 2.45) is 11.8 Å². The number of carbonyl (C=O) groups excluding carboxylic acids is 2. The van der Waals surface area contributed by atoms with Crippen molar-refractivity contribution >= 4 is 11.9 Å². The van der Waals surface area contributed by atoms with E-state index in [2.05, 4.69) is 13.8 Å². The van der Waals surface area contributed by atoms with Gasteiger partial charge in [-0.05, 0) is 76.0 Å². The summed E-state index contributed by atoms with van der Waals surface area (Å²) < 4.78 is 11.2. The zero-order valence-corrected chi connectivity index (χ0v) is 21.1. The van der Waals surface area contributed by atoms with Crippen LogP contribution in [0, 0.1) is 11.8 Å². The van der Waals surface area contributed by atoms with Crippen molar-refractivity contribution in [2.75, 3.05) is 0 Å². The minimum Gasteiger partial charge on any atom is -0.462 e. The zero-order chi connectivity index (χ0) is 23.0. The van der Waals surface area contributed by atoms with Crippen LogP contribution in [0.1, 0.15) is 142 Å². The molecule has 0 spiro atoms. The van der Waals surface area contributed by atoms with Crippen LogP contribution in [0.25, 0.3) is 0 Å². The molecule has 186 valence electrons. The Balaban J connectivity index is 1.46. The van der Waals surface area contributed by atoms with E-state index in [1.54, 1.807) is 0 Å². The van der Waals surface area contributed by atoms with Gasteiger partial charge in [-0.3, -0.25) is 9.59 Å². The van der Waals surface area contributed by atoms with Crippen LogP contribution in [0.4, 0.5) is 0 Å². The van der Waals surface area contributed by atoms with E-state index in [0.29, 0.717) is 18.8 Å². The molecule has 2 aliphatic carbocycles. The van der Waals surface area contributed by atoms with Crippen LogP contribution in [0.2, 0.25) is 0 Å². The van der Waals surface area contributed by atoms with E-state index in [0.717, 1.165) is 57.3 Å². The molecular formula is C28H50O4. The Kier molecular flexibility index (Phi) is 14.0. The minimum absolute atomic E-state index is 0.0133. The lowest BCUT2D eigenvalue weighted by atomic mass is 9.85. The van der Waals surface area contributed by atoms with Gasteiger partial charge in [0.15, 0.2) is 0 Å². The summed E-state index contributed by atoms with van der Waals surface area (Å²) in [6.07, 6.45) is 22.3. The van der Waals surface area contributed by atoms with Crippen LogP contribution in [0.5, 0.6) is 0 Å². The number of rotatable bonds is 15. The fraction of sp³-hybridized carbons (Fsp3) is 0.929. The maximum atomic E-state index is 12.0. The first-order valence-electron chi connectivity index (χ1n) is 13.9. The third-order valence-corrected chi connectivity index (χ3v) is 7.56. The van der Waals surface area contributed by atoms with Crippen molar-refractivity contribution in [3.05, 3.63) is 0 Å². The highest BCUT2D eigenvalue weighted by molar-refractivity contribution is 5.69. The number of hydrogen-bond acceptors (Lipinski definition) is 4. The van der Waals surface area contributed by atoms with Crippen molar-refractivity contribution < 1.29 is 19.1 Å². The standard InChI is InChI=1S/C28H50O4/c1-23(2)24(15-7-3-13-21-27(29)31-25-17-9-5-10-18-25)16-8-4-14-22-28(30)32-26-19-11-6-12-20-26/h23-26H,3-22H2,1-2H3. The first-order valence-corrected chi connectivity index (χ1v) is 13.9. The lowest BCUT2D eigenvalue weighted by Gasteiger charge is -2.22. The Labute approximate surface area is 197 Å². The minimum atomic E-state index is 0.0133. The van der Waals surface area contributed by atoms with Crippen molar-refractivity contribution in [2.45, 2.75) is 154 Å². The molecule has 2 rings (SSSR count). The van der Waals surface area contributed by atoms with Gasteiger partial charge in [-0.25, -0.2) is 0 Å². The summed E-state index contributed by atoms with van der Waals surface area (Å²) in [5.41, 5.74) is 0. The molecular weight excluding hydrogens is 400 g/mol. The maximum Gasteiger partial charge on any atom is 0.306 e. The van der Waals surface area contributed by atoms with Crippen molar-refractivity contribution in [1.82, 2.24) is 0 Å². The summed E-state index contributed by atoms with van der Waals surface area (Å²) in [6, 6.07) is 0. The molecule has 0 radical (unpaired) electrons. The predicted octanol–water partition coefficient (Wildman–Crippen LogP) is 7.91. The molecule has 0 atom stereocenters. The molecule has 2 saturated carbocycles. The highest BCUT2D eigenvalue weighted by atomic mass is 16.5. The van der Waals surface area contributed by atoms with E-state index >= 15 is 0 Å². The van der Waals surface area contributed by atoms with Gasteiger partial charge in [0.05, 0.1) is 0 Å². The summed E-state index contributed by atoms with van der Waals surface area (Å²) >= 11 is 0. The molecule has 0 aromatic heterocycles. The summed E-state index contributed by atoms with van der Waals surface area (Å²) in [5.74, 6) is 1.47. The van der Waals surface area contributed by atoms with Gasteiger partial charge >= 0.3 is 11.9 Å². The molecule has 2 fully saturated rings. The van der Waals surface area contributed by atoms with Gasteiger partial charge in [0.1, 0.15) is 12.2 Å². The average Bonchev–Trinajstić information content (AvgIpc) is 2.78. The van der Waals surface area contributed by atoms with Gasteiger partial charge in [0.25, 0.3) is 0 Å². The molecule has 0 aromatic rings. The molecule has 0 aliphatic heterocycles. The Morgan fingerprint density at radius 1 is 0.625 bits per heavy atom. The Bertz CT molecular complexity index is 462. The SMILES string of the molecule is CC(C)C(CCCCCC(=O)OC1CCCCC1)CCCCCC(=O)OC1CCCCC1. The summed E-state index contributed by atoms with van der Waals surface area (Å²) in [6.45, 7) is 4.65. The first-order chi connectivity index (χ1) is 15.5. The molecule has 4 nitrogen and oxygen atoms in total. The van der Waals surface area contributed by atoms with Crippen LogP contribution in [-0.4, -0.2) is 24.1 Å². The fourth-order valence-electron chi connectivity index (χ4n) is 5.37. The van der Waals surface area contributed by atoms with Gasteiger partial charge < -0.3 is 9.47 Å². The van der Waals surface area contributed by atoms with E-state index in [-0.39, 0.29) is 24.1 Å². The Morgan fingerprint density at radius 2 is 1.03 bits per heavy atom. The summed E-state index contributed by atoms with van der Waals surface area (Å²) in [4.78, 5) is 24.0. The first kappa shape index (κ1) is 27.2. The monoisotopic (exact) mass is 450 g/mol. The average molecular weight is 451 g/mol. The van der Waals surface area contributed by atoms with Gasteiger partial charge in [0.2, 0.25) is 0 Å². The second-order valence-corrected chi connectivity index (χ2v) is 10.7. The smallest absolute Gasteiger partial charge is 0.306 e. The number of esters is 2. The van der Waals surface area contributed by atoms with Gasteiger partial charge in [-0.15, -0.1) is 0 Å². The van der Waals surface area contributed by atoms with Crippen LogP contribution in [-0.2, 0) is 19.1 Å². The Hall–Kier alpha value is -1.06. The lowest BCUT2D eigenvalue weighted by Crippen LogP contribution is -2.20. The van der Waals surface area contributed by atoms with Crippen molar-refractivity contribution in [1.29, 1.82) is 0 Å². The summed E-state index contributed by atoms with van der Waals surface area (Å²) in [7, 11) is 0. The topological polar surface area (TPSA) is 52.6 Å². The van der Waals surface area contributed by atoms with E-state index in [1.165, 1.54) is 64.2 Å². The van der Waals surface area contributed by atoms with Crippen LogP contribution >= 0.6 is 0 Å². The molecule has 0 N–H and O–H groups in total. The predicted molar refractivity (Wildman–Crippen MR) is 130 cm³/mol. The molecule has 2 aliphatic rings. The molecule has 0 amide bonds. The molecule has 0 unspecified atom stereocenters. The zero-order valence-electron chi connectivity index (χ0n) is 21.1. The molecule has 0 heterocycles. The molecule has 0 saturated heterocycles. The van der Waals surface area contributed by atoms with Crippen molar-refractivity contribution in [3.63, 3.8) is 0 Å². The largest absolute Gasteiger partial charge is 0.462 e. The molecule has 0 bridgehead atoms. The van der Waals surface area contributed by atoms with Gasteiger partial charge in [-0.2, -0.15) is 0 Å². The fourth-order valence-corrected chi connectivity index (χ4v) is 5.37. The van der Waals surface area contributed by atoms with E-state index in [9.17, 15) is 9.59 Å². The maximum absolute atomic E-state index is 12.0. The quantitative estimate of drug-likeness (QED) is 0.188. The van der Waals surface area contributed by atoms with Crippen LogP contribution in [0.15, 0.2) is 0 Å². The second kappa shape index (κ2) is 16.5. The van der Waals surface area contributed by atoms with E-state index in [4.69, 9.17) is 9.47 Å². The molecule has 0 aromatic carbocycles. The van der Waals surface area contributed by atoms with Crippen molar-refractivity contribution in [3.8, 4) is 0 Å². The second-order valence-electron chi connectivity index (χ2n) is 10.7. The number of carbonyl (C=O) groups is 2. The number of hydrogen-bond donors (Lipinski definition) is 0. The van der Waals surface area contributed by atoms with E-state index in [1.807, 2.05) is 0 Å². The number of ether oxygens (including phenoxy) is 2. The van der Waals surface area contributed by atoms with Crippen LogP contribution in [0.3, 0.4) is 0 Å². The third-order valence-electron chi connectivity index (χ3n) is 7.56. The number of unbranched alkanes of at least 4 members (excludes halogenated alkanes) is 4. The third kappa shape index (κ3) is 12.3. The normalized spacial score (nSPS) is 18.2. The molecule has 32 heavy (non-hydrogen) atoms. The van der Waals surface area contributed by atoms with Gasteiger partial charge in [0, 0.05) is 12.8 Å². The highest BCUT2D eigenvalue weighted by Gasteiger charge is 2.19. The lowest BCUT2D eigenvalue weighted by molar-refractivity contribution is -0.151. The van der Waals surface area contributed by atoms with Gasteiger partial charge in [-0.1, -0.05) is 65.2 Å². The Morgan fingerprint density at radius 3 is 1.41 bits per heavy atom.